The highest BCUT2D eigenvalue weighted by atomic mass is 127. The summed E-state index contributed by atoms with van der Waals surface area (Å²) in [7, 11) is 0. The van der Waals surface area contributed by atoms with Gasteiger partial charge in [-0.05, 0) is 50.2 Å². The number of benzene rings is 1. The number of allylic oxidation sites excluding steroid dienone is 2. The predicted molar refractivity (Wildman–Crippen MR) is 95.6 cm³/mol. The summed E-state index contributed by atoms with van der Waals surface area (Å²) in [5.74, 6) is 0.591. The number of alkyl halides is 2. The summed E-state index contributed by atoms with van der Waals surface area (Å²) in [5, 5.41) is 0. The third-order valence-corrected chi connectivity index (χ3v) is 4.34. The minimum absolute atomic E-state index is 0.472. The van der Waals surface area contributed by atoms with Crippen molar-refractivity contribution in [2.75, 3.05) is 0 Å². The predicted octanol–water partition coefficient (Wildman–Crippen LogP) is 6.24. The molecule has 1 rings (SSSR count). The molecule has 0 aliphatic heterocycles. The summed E-state index contributed by atoms with van der Waals surface area (Å²) < 4.78 is 13.8. The van der Waals surface area contributed by atoms with E-state index in [1.165, 1.54) is 11.1 Å². The molecule has 1 aromatic carbocycles. The average Bonchev–Trinajstić information content (AvgIpc) is 2.35. The molecule has 0 aromatic heterocycles. The fraction of sp³-hybridized carbons (Fsp3) is 0.556. The quantitative estimate of drug-likeness (QED) is 0.295. The van der Waals surface area contributed by atoms with Crippen LogP contribution in [0.1, 0.15) is 57.6 Å². The van der Waals surface area contributed by atoms with Gasteiger partial charge in [-0.2, -0.15) is 0 Å². The van der Waals surface area contributed by atoms with Gasteiger partial charge in [0.2, 0.25) is 0 Å². The molecule has 1 unspecified atom stereocenters. The first-order valence-corrected chi connectivity index (χ1v) is 8.61. The summed E-state index contributed by atoms with van der Waals surface area (Å²) in [6.07, 6.45) is 6.78. The lowest BCUT2D eigenvalue weighted by atomic mass is 10.00. The van der Waals surface area contributed by atoms with Crippen molar-refractivity contribution in [2.24, 2.45) is 0 Å². The summed E-state index contributed by atoms with van der Waals surface area (Å²) >= 11 is 2.43. The van der Waals surface area contributed by atoms with E-state index in [1.807, 2.05) is 6.08 Å². The van der Waals surface area contributed by atoms with Crippen LogP contribution in [0, 0.1) is 0 Å². The van der Waals surface area contributed by atoms with Crippen LogP contribution in [0.4, 0.5) is 4.39 Å². The Morgan fingerprint density at radius 1 is 1.20 bits per heavy atom. The molecule has 0 spiro atoms. The molecule has 0 aliphatic rings. The molecule has 0 aliphatic carbocycles. The molecule has 2 heteroatoms. The molecule has 0 saturated heterocycles. The van der Waals surface area contributed by atoms with Crippen molar-refractivity contribution in [3.63, 3.8) is 0 Å². The van der Waals surface area contributed by atoms with Crippen LogP contribution in [0.5, 0.6) is 0 Å². The highest BCUT2D eigenvalue weighted by Crippen LogP contribution is 2.19. The van der Waals surface area contributed by atoms with Crippen LogP contribution in [0.3, 0.4) is 0 Å². The smallest absolute Gasteiger partial charge is 0.108 e. The molecule has 0 radical (unpaired) electrons. The van der Waals surface area contributed by atoms with Gasteiger partial charge in [-0.1, -0.05) is 72.9 Å². The second kappa shape index (κ2) is 8.16. The largest absolute Gasteiger partial charge is 0.244 e. The Hall–Kier alpha value is -0.380. The Balaban J connectivity index is 2.39. The number of aryl methyl sites for hydroxylation is 1. The van der Waals surface area contributed by atoms with Gasteiger partial charge in [-0.15, -0.1) is 0 Å². The molecule has 1 aromatic rings. The Morgan fingerprint density at radius 2 is 1.80 bits per heavy atom. The summed E-state index contributed by atoms with van der Waals surface area (Å²) in [6, 6.07) is 8.91. The Labute approximate surface area is 137 Å². The zero-order valence-corrected chi connectivity index (χ0v) is 15.2. The van der Waals surface area contributed by atoms with Crippen LogP contribution < -0.4 is 0 Å². The van der Waals surface area contributed by atoms with Crippen LogP contribution in [0.2, 0.25) is 0 Å². The fourth-order valence-corrected chi connectivity index (χ4v) is 2.57. The van der Waals surface area contributed by atoms with Gasteiger partial charge >= 0.3 is 0 Å². The Morgan fingerprint density at radius 3 is 2.30 bits per heavy atom. The number of hydrogen-bond donors (Lipinski definition) is 0. The van der Waals surface area contributed by atoms with Crippen molar-refractivity contribution in [2.45, 2.75) is 62.5 Å². The molecule has 20 heavy (non-hydrogen) atoms. The number of rotatable bonds is 7. The molecule has 0 bridgehead atoms. The van der Waals surface area contributed by atoms with E-state index < -0.39 is 5.67 Å². The first kappa shape index (κ1) is 17.7. The zero-order chi connectivity index (χ0) is 15.2. The van der Waals surface area contributed by atoms with E-state index in [9.17, 15) is 4.39 Å². The summed E-state index contributed by atoms with van der Waals surface area (Å²) in [5.41, 5.74) is 1.68. The van der Waals surface area contributed by atoms with Gasteiger partial charge in [0.1, 0.15) is 5.67 Å². The SMILES string of the molecule is CC(C)c1ccc(CCC(I)/C=C/CC(C)(C)F)cc1. The normalized spacial score (nSPS) is 14.2. The van der Waals surface area contributed by atoms with Crippen molar-refractivity contribution >= 4 is 22.6 Å². The van der Waals surface area contributed by atoms with E-state index in [-0.39, 0.29) is 0 Å². The van der Waals surface area contributed by atoms with E-state index in [2.05, 4.69) is 66.8 Å². The third kappa shape index (κ3) is 7.41. The Kier molecular flexibility index (Phi) is 7.21. The maximum Gasteiger partial charge on any atom is 0.108 e. The molecule has 0 nitrogen and oxygen atoms in total. The van der Waals surface area contributed by atoms with Gasteiger partial charge in [0, 0.05) is 3.92 Å². The molecule has 1 atom stereocenters. The van der Waals surface area contributed by atoms with Gasteiger partial charge in [-0.25, -0.2) is 4.39 Å². The monoisotopic (exact) mass is 388 g/mol. The summed E-state index contributed by atoms with van der Waals surface area (Å²) in [6.45, 7) is 7.67. The van der Waals surface area contributed by atoms with Gasteiger partial charge in [0.05, 0.1) is 0 Å². The van der Waals surface area contributed by atoms with Crippen molar-refractivity contribution < 1.29 is 4.39 Å². The maximum atomic E-state index is 13.3. The average molecular weight is 388 g/mol. The minimum Gasteiger partial charge on any atom is -0.244 e. The lowest BCUT2D eigenvalue weighted by molar-refractivity contribution is 0.221. The maximum absolute atomic E-state index is 13.3. The molecular formula is C18H26FI. The van der Waals surface area contributed by atoms with Crippen LogP contribution >= 0.6 is 22.6 Å². The van der Waals surface area contributed by atoms with Gasteiger partial charge in [0.25, 0.3) is 0 Å². The highest BCUT2D eigenvalue weighted by molar-refractivity contribution is 14.1. The Bertz CT molecular complexity index is 412. The molecule has 0 fully saturated rings. The number of halogens is 2. The van der Waals surface area contributed by atoms with Gasteiger partial charge in [-0.3, -0.25) is 0 Å². The minimum atomic E-state index is -1.10. The first-order valence-electron chi connectivity index (χ1n) is 7.36. The van der Waals surface area contributed by atoms with Crippen molar-refractivity contribution in [1.82, 2.24) is 0 Å². The van der Waals surface area contributed by atoms with Crippen molar-refractivity contribution in [3.8, 4) is 0 Å². The van der Waals surface area contributed by atoms with E-state index in [0.29, 0.717) is 16.3 Å². The van der Waals surface area contributed by atoms with E-state index in [4.69, 9.17) is 0 Å². The van der Waals surface area contributed by atoms with E-state index in [1.54, 1.807) is 13.8 Å². The van der Waals surface area contributed by atoms with Crippen LogP contribution in [0.25, 0.3) is 0 Å². The van der Waals surface area contributed by atoms with Crippen LogP contribution in [-0.2, 0) is 6.42 Å². The molecule has 0 amide bonds. The first-order chi connectivity index (χ1) is 9.28. The molecular weight excluding hydrogens is 362 g/mol. The molecule has 0 heterocycles. The standard InChI is InChI=1S/C18H26FI/c1-14(2)16-10-7-15(8-11-16)9-12-17(20)6-5-13-18(3,4)19/h5-8,10-11,14,17H,9,12-13H2,1-4H3/b6-5+. The van der Waals surface area contributed by atoms with Crippen LogP contribution in [0.15, 0.2) is 36.4 Å². The van der Waals surface area contributed by atoms with Crippen molar-refractivity contribution in [3.05, 3.63) is 47.5 Å². The van der Waals surface area contributed by atoms with E-state index >= 15 is 0 Å². The highest BCUT2D eigenvalue weighted by Gasteiger charge is 2.12. The third-order valence-electron chi connectivity index (χ3n) is 3.30. The lowest BCUT2D eigenvalue weighted by Gasteiger charge is -2.11. The second-order valence-corrected chi connectivity index (χ2v) is 7.90. The fourth-order valence-electron chi connectivity index (χ4n) is 1.97. The second-order valence-electron chi connectivity index (χ2n) is 6.30. The topological polar surface area (TPSA) is 0 Å². The van der Waals surface area contributed by atoms with Crippen molar-refractivity contribution in [1.29, 1.82) is 0 Å². The van der Waals surface area contributed by atoms with Gasteiger partial charge in [0.15, 0.2) is 0 Å². The molecule has 112 valence electrons. The zero-order valence-electron chi connectivity index (χ0n) is 13.0. The van der Waals surface area contributed by atoms with Crippen LogP contribution in [-0.4, -0.2) is 9.59 Å². The summed E-state index contributed by atoms with van der Waals surface area (Å²) in [4.78, 5) is 0. The molecule has 0 N–H and O–H groups in total. The molecule has 0 saturated carbocycles. The van der Waals surface area contributed by atoms with E-state index in [0.717, 1.165) is 12.8 Å². The lowest BCUT2D eigenvalue weighted by Crippen LogP contribution is -2.09. The number of hydrogen-bond acceptors (Lipinski definition) is 0. The van der Waals surface area contributed by atoms with Gasteiger partial charge < -0.3 is 0 Å².